The Hall–Kier alpha value is -2.83. The predicted octanol–water partition coefficient (Wildman–Crippen LogP) is 4.76. The zero-order valence-corrected chi connectivity index (χ0v) is 19.5. The Bertz CT molecular complexity index is 845. The highest BCUT2D eigenvalue weighted by atomic mass is 16.5. The van der Waals surface area contributed by atoms with Crippen LogP contribution < -0.4 is 10.6 Å². The summed E-state index contributed by atoms with van der Waals surface area (Å²) in [4.78, 5) is 39.6. The molecule has 7 nitrogen and oxygen atoms in total. The molecular formula is C24H35N3O4. The molecule has 0 fully saturated rings. The minimum atomic E-state index is -0.654. The highest BCUT2D eigenvalue weighted by molar-refractivity contribution is 5.95. The van der Waals surface area contributed by atoms with E-state index < -0.39 is 12.0 Å². The van der Waals surface area contributed by atoms with Gasteiger partial charge in [-0.25, -0.2) is 9.59 Å². The first-order valence-electron chi connectivity index (χ1n) is 11.0. The van der Waals surface area contributed by atoms with E-state index in [-0.39, 0.29) is 24.0 Å². The summed E-state index contributed by atoms with van der Waals surface area (Å²) in [6, 6.07) is 6.32. The van der Waals surface area contributed by atoms with Gasteiger partial charge in [0.05, 0.1) is 17.7 Å². The van der Waals surface area contributed by atoms with Gasteiger partial charge in [-0.15, -0.1) is 0 Å². The van der Waals surface area contributed by atoms with Crippen molar-refractivity contribution in [1.29, 1.82) is 0 Å². The molecule has 1 aliphatic rings. The van der Waals surface area contributed by atoms with Crippen LogP contribution in [0.1, 0.15) is 72.4 Å². The molecule has 0 spiro atoms. The SMILES string of the molecule is CCCCN1C(=O)NC(c2cccc(NC(=O)CC(C)C)c2)C(C(=O)OC(C)C)=C1C. The zero-order valence-electron chi connectivity index (χ0n) is 19.5. The third kappa shape index (κ3) is 6.57. The van der Waals surface area contributed by atoms with Crippen LogP contribution in [0.15, 0.2) is 35.5 Å². The van der Waals surface area contributed by atoms with E-state index in [2.05, 4.69) is 17.6 Å². The number of urea groups is 1. The lowest BCUT2D eigenvalue weighted by Gasteiger charge is -2.35. The number of benzene rings is 1. The third-order valence-corrected chi connectivity index (χ3v) is 4.99. The van der Waals surface area contributed by atoms with E-state index in [1.807, 2.05) is 19.9 Å². The van der Waals surface area contributed by atoms with E-state index in [0.29, 0.717) is 35.5 Å². The van der Waals surface area contributed by atoms with Crippen LogP contribution in [0, 0.1) is 5.92 Å². The van der Waals surface area contributed by atoms with E-state index >= 15 is 0 Å². The number of carbonyl (C=O) groups excluding carboxylic acids is 3. The van der Waals surface area contributed by atoms with Crippen molar-refractivity contribution in [3.05, 3.63) is 41.1 Å². The molecule has 31 heavy (non-hydrogen) atoms. The first kappa shape index (κ1) is 24.4. The summed E-state index contributed by atoms with van der Waals surface area (Å²) in [7, 11) is 0. The molecule has 1 heterocycles. The number of ether oxygens (including phenoxy) is 1. The number of amides is 3. The van der Waals surface area contributed by atoms with E-state index in [1.165, 1.54) is 0 Å². The van der Waals surface area contributed by atoms with Gasteiger partial charge in [0.15, 0.2) is 0 Å². The van der Waals surface area contributed by atoms with Crippen LogP contribution in [-0.2, 0) is 14.3 Å². The fraction of sp³-hybridized carbons (Fsp3) is 0.542. The third-order valence-electron chi connectivity index (χ3n) is 4.99. The molecule has 2 rings (SSSR count). The zero-order chi connectivity index (χ0) is 23.1. The number of carbonyl (C=O) groups is 3. The average molecular weight is 430 g/mol. The van der Waals surface area contributed by atoms with Crippen LogP contribution in [0.3, 0.4) is 0 Å². The molecule has 0 aliphatic carbocycles. The van der Waals surface area contributed by atoms with E-state index in [9.17, 15) is 14.4 Å². The van der Waals surface area contributed by atoms with Gasteiger partial charge in [-0.3, -0.25) is 9.69 Å². The molecule has 7 heteroatoms. The van der Waals surface area contributed by atoms with Crippen LogP contribution >= 0.6 is 0 Å². The molecule has 1 aliphatic heterocycles. The maximum absolute atomic E-state index is 13.0. The van der Waals surface area contributed by atoms with Gasteiger partial charge in [0.25, 0.3) is 0 Å². The van der Waals surface area contributed by atoms with Gasteiger partial charge in [0, 0.05) is 24.4 Å². The average Bonchev–Trinajstić information content (AvgIpc) is 2.66. The molecule has 0 aromatic heterocycles. The van der Waals surface area contributed by atoms with Crippen LogP contribution in [-0.4, -0.2) is 35.5 Å². The number of hydrogen-bond acceptors (Lipinski definition) is 4. The van der Waals surface area contributed by atoms with Crippen molar-refractivity contribution in [2.45, 2.75) is 73.0 Å². The first-order chi connectivity index (χ1) is 14.6. The Kier molecular flexibility index (Phi) is 8.65. The van der Waals surface area contributed by atoms with Crippen molar-refractivity contribution in [3.63, 3.8) is 0 Å². The van der Waals surface area contributed by atoms with E-state index in [1.54, 1.807) is 43.9 Å². The lowest BCUT2D eigenvalue weighted by Crippen LogP contribution is -2.48. The highest BCUT2D eigenvalue weighted by Crippen LogP contribution is 2.33. The van der Waals surface area contributed by atoms with Gasteiger partial charge in [0.2, 0.25) is 5.91 Å². The fourth-order valence-electron chi connectivity index (χ4n) is 3.54. The number of hydrogen-bond donors (Lipinski definition) is 2. The standard InChI is InChI=1S/C24H35N3O4/c1-7-8-12-27-17(6)21(23(29)31-16(4)5)22(26-24(27)30)18-10-9-11-19(14-18)25-20(28)13-15(2)3/h9-11,14-16,22H,7-8,12-13H2,1-6H3,(H,25,28)(H,26,30). The van der Waals surface area contributed by atoms with Gasteiger partial charge in [0.1, 0.15) is 0 Å². The molecule has 1 aromatic carbocycles. The van der Waals surface area contributed by atoms with Crippen molar-refractivity contribution in [3.8, 4) is 0 Å². The lowest BCUT2D eigenvalue weighted by atomic mass is 9.94. The summed E-state index contributed by atoms with van der Waals surface area (Å²) in [5, 5.41) is 5.85. The monoisotopic (exact) mass is 429 g/mol. The Morgan fingerprint density at radius 1 is 1.23 bits per heavy atom. The number of anilines is 1. The Labute approximate surface area is 185 Å². The van der Waals surface area contributed by atoms with Crippen molar-refractivity contribution in [2.75, 3.05) is 11.9 Å². The predicted molar refractivity (Wildman–Crippen MR) is 121 cm³/mol. The van der Waals surface area contributed by atoms with Crippen LogP contribution in [0.2, 0.25) is 0 Å². The number of rotatable bonds is 9. The van der Waals surface area contributed by atoms with Gasteiger partial charge in [-0.2, -0.15) is 0 Å². The number of allylic oxidation sites excluding steroid dienone is 1. The topological polar surface area (TPSA) is 87.7 Å². The normalized spacial score (nSPS) is 16.6. The summed E-state index contributed by atoms with van der Waals surface area (Å²) >= 11 is 0. The van der Waals surface area contributed by atoms with Crippen molar-refractivity contribution in [2.24, 2.45) is 5.92 Å². The lowest BCUT2D eigenvalue weighted by molar-refractivity contribution is -0.143. The highest BCUT2D eigenvalue weighted by Gasteiger charge is 2.36. The second-order valence-corrected chi connectivity index (χ2v) is 8.61. The van der Waals surface area contributed by atoms with Crippen LogP contribution in [0.4, 0.5) is 10.5 Å². The number of esters is 1. The molecule has 170 valence electrons. The van der Waals surface area contributed by atoms with E-state index in [0.717, 1.165) is 12.8 Å². The van der Waals surface area contributed by atoms with Gasteiger partial charge in [-0.1, -0.05) is 39.3 Å². The minimum absolute atomic E-state index is 0.0725. The smallest absolute Gasteiger partial charge is 0.338 e. The quantitative estimate of drug-likeness (QED) is 0.554. The second-order valence-electron chi connectivity index (χ2n) is 8.61. The molecule has 3 amide bonds. The Morgan fingerprint density at radius 3 is 2.55 bits per heavy atom. The minimum Gasteiger partial charge on any atom is -0.459 e. The molecule has 1 atom stereocenters. The summed E-state index contributed by atoms with van der Waals surface area (Å²) in [6.07, 6.45) is 1.91. The van der Waals surface area contributed by atoms with Crippen molar-refractivity contribution in [1.82, 2.24) is 10.2 Å². The molecule has 0 radical (unpaired) electrons. The van der Waals surface area contributed by atoms with Gasteiger partial charge >= 0.3 is 12.0 Å². The molecule has 0 saturated carbocycles. The Balaban J connectivity index is 2.41. The summed E-state index contributed by atoms with van der Waals surface area (Å²) in [5.74, 6) is -0.275. The van der Waals surface area contributed by atoms with E-state index in [4.69, 9.17) is 4.74 Å². The molecule has 0 saturated heterocycles. The number of unbranched alkanes of at least 4 members (excludes halogenated alkanes) is 1. The van der Waals surface area contributed by atoms with Crippen LogP contribution in [0.25, 0.3) is 0 Å². The summed E-state index contributed by atoms with van der Waals surface area (Å²) in [5.41, 5.74) is 2.35. The molecule has 0 bridgehead atoms. The number of nitrogens with one attached hydrogen (secondary N) is 2. The number of nitrogens with zero attached hydrogens (tertiary/aromatic N) is 1. The van der Waals surface area contributed by atoms with Gasteiger partial charge in [-0.05, 0) is 50.8 Å². The second kappa shape index (κ2) is 11.0. The van der Waals surface area contributed by atoms with Crippen LogP contribution in [0.5, 0.6) is 0 Å². The maximum atomic E-state index is 13.0. The van der Waals surface area contributed by atoms with Crippen molar-refractivity contribution >= 4 is 23.6 Å². The first-order valence-corrected chi connectivity index (χ1v) is 11.0. The van der Waals surface area contributed by atoms with Crippen molar-refractivity contribution < 1.29 is 19.1 Å². The molecular weight excluding hydrogens is 394 g/mol. The van der Waals surface area contributed by atoms with Gasteiger partial charge < -0.3 is 15.4 Å². The Morgan fingerprint density at radius 2 is 1.94 bits per heavy atom. The molecule has 1 aromatic rings. The summed E-state index contributed by atoms with van der Waals surface area (Å²) in [6.45, 7) is 11.9. The summed E-state index contributed by atoms with van der Waals surface area (Å²) < 4.78 is 5.49. The maximum Gasteiger partial charge on any atom is 0.338 e. The molecule has 2 N–H and O–H groups in total. The largest absolute Gasteiger partial charge is 0.459 e. The molecule has 1 unspecified atom stereocenters. The fourth-order valence-corrected chi connectivity index (χ4v) is 3.54.